The van der Waals surface area contributed by atoms with E-state index in [1.165, 1.54) is 30.6 Å². The zero-order valence-electron chi connectivity index (χ0n) is 13.1. The van der Waals surface area contributed by atoms with E-state index < -0.39 is 15.3 Å². The smallest absolute Gasteiger partial charge is 0.228 e. The van der Waals surface area contributed by atoms with Crippen LogP contribution in [0.5, 0.6) is 0 Å². The van der Waals surface area contributed by atoms with Crippen LogP contribution < -0.4 is 14.9 Å². The lowest BCUT2D eigenvalue weighted by molar-refractivity contribution is -0.117. The quantitative estimate of drug-likeness (QED) is 0.905. The molecule has 0 saturated carbocycles. The van der Waals surface area contributed by atoms with Crippen molar-refractivity contribution < 1.29 is 13.2 Å². The Hall–Kier alpha value is -1.60. The maximum absolute atomic E-state index is 12.1. The summed E-state index contributed by atoms with van der Waals surface area (Å²) in [6, 6.07) is 7.81. The fourth-order valence-corrected chi connectivity index (χ4v) is 4.05. The van der Waals surface area contributed by atoms with E-state index in [9.17, 15) is 13.2 Å². The minimum atomic E-state index is -3.68. The lowest BCUT2D eigenvalue weighted by Gasteiger charge is -2.24. The number of hydrogen-bond donors (Lipinski definition) is 1. The molecule has 0 radical (unpaired) electrons. The average molecular weight is 337 g/mol. The number of carbonyl (C=O) groups is 1. The summed E-state index contributed by atoms with van der Waals surface area (Å²) in [5.74, 6) is -0.188. The van der Waals surface area contributed by atoms with E-state index >= 15 is 0 Å². The molecule has 1 atom stereocenters. The topological polar surface area (TPSA) is 83.7 Å². The van der Waals surface area contributed by atoms with Crippen molar-refractivity contribution in [2.24, 2.45) is 5.14 Å². The Bertz CT molecular complexity index is 664. The first-order valence-corrected chi connectivity index (χ1v) is 9.73. The predicted octanol–water partition coefficient (Wildman–Crippen LogP) is 1.46. The van der Waals surface area contributed by atoms with Gasteiger partial charge < -0.3 is 9.80 Å². The Kier molecular flexibility index (Phi) is 4.59. The molecule has 3 rings (SSSR count). The summed E-state index contributed by atoms with van der Waals surface area (Å²) in [7, 11) is -3.68. The van der Waals surface area contributed by atoms with Crippen LogP contribution in [0, 0.1) is 0 Å². The normalized spacial score (nSPS) is 23.2. The summed E-state index contributed by atoms with van der Waals surface area (Å²) in [6.45, 7) is 2.27. The predicted molar refractivity (Wildman–Crippen MR) is 91.0 cm³/mol. The fourth-order valence-electron chi connectivity index (χ4n) is 3.32. The third-order valence-corrected chi connectivity index (χ3v) is 5.93. The molecular formula is C16H23N3O3S. The van der Waals surface area contributed by atoms with Gasteiger partial charge in [0.15, 0.2) is 0 Å². The minimum Gasteiger partial charge on any atom is -0.372 e. The van der Waals surface area contributed by atoms with E-state index in [2.05, 4.69) is 4.90 Å². The van der Waals surface area contributed by atoms with E-state index in [0.717, 1.165) is 24.5 Å². The van der Waals surface area contributed by atoms with Crippen LogP contribution in [0.3, 0.4) is 0 Å². The van der Waals surface area contributed by atoms with Gasteiger partial charge in [-0.05, 0) is 37.1 Å². The number of amides is 1. The van der Waals surface area contributed by atoms with Crippen LogP contribution >= 0.6 is 0 Å². The molecule has 6 nitrogen and oxygen atoms in total. The van der Waals surface area contributed by atoms with Crippen molar-refractivity contribution in [3.05, 3.63) is 24.3 Å². The lowest BCUT2D eigenvalue weighted by Crippen LogP contribution is -2.32. The van der Waals surface area contributed by atoms with Crippen molar-refractivity contribution in [3.63, 3.8) is 0 Å². The average Bonchev–Trinajstić information content (AvgIpc) is 2.74. The molecule has 2 aliphatic heterocycles. The number of sulfonamides is 1. The van der Waals surface area contributed by atoms with Crippen molar-refractivity contribution in [2.45, 2.75) is 37.4 Å². The van der Waals surface area contributed by atoms with E-state index in [-0.39, 0.29) is 18.9 Å². The minimum absolute atomic E-state index is 0.0350. The van der Waals surface area contributed by atoms with Gasteiger partial charge >= 0.3 is 0 Å². The van der Waals surface area contributed by atoms with Crippen LogP contribution in [0.2, 0.25) is 0 Å². The number of carbonyl (C=O) groups excluding carboxylic acids is 1. The third-order valence-electron chi connectivity index (χ3n) is 4.69. The molecule has 0 aliphatic carbocycles. The number of nitrogens with zero attached hydrogens (tertiary/aromatic N) is 2. The van der Waals surface area contributed by atoms with Crippen molar-refractivity contribution in [1.82, 2.24) is 0 Å². The number of primary sulfonamides is 1. The first-order valence-electron chi connectivity index (χ1n) is 8.12. The third kappa shape index (κ3) is 3.67. The van der Waals surface area contributed by atoms with E-state index in [0.29, 0.717) is 0 Å². The van der Waals surface area contributed by atoms with Gasteiger partial charge in [-0.1, -0.05) is 12.8 Å². The Morgan fingerprint density at radius 3 is 2.04 bits per heavy atom. The molecule has 2 fully saturated rings. The standard InChI is InChI=1S/C16H23N3O3S/c17-23(21,22)15-11-16(20)19(12-15)14-7-5-13(6-8-14)18-9-3-1-2-4-10-18/h5-8,15H,1-4,9-12H2,(H2,17,21,22). The van der Waals surface area contributed by atoms with Crippen LogP contribution in [0.15, 0.2) is 24.3 Å². The molecule has 2 N–H and O–H groups in total. The largest absolute Gasteiger partial charge is 0.372 e. The van der Waals surface area contributed by atoms with E-state index in [1.807, 2.05) is 24.3 Å². The Morgan fingerprint density at radius 1 is 0.957 bits per heavy atom. The lowest BCUT2D eigenvalue weighted by atomic mass is 10.2. The summed E-state index contributed by atoms with van der Waals surface area (Å²) >= 11 is 0. The highest BCUT2D eigenvalue weighted by molar-refractivity contribution is 7.89. The molecular weight excluding hydrogens is 314 g/mol. The number of nitrogens with two attached hydrogens (primary N) is 1. The van der Waals surface area contributed by atoms with Crippen LogP contribution in [0.25, 0.3) is 0 Å². The van der Waals surface area contributed by atoms with Crippen molar-refractivity contribution in [3.8, 4) is 0 Å². The highest BCUT2D eigenvalue weighted by Gasteiger charge is 2.37. The summed E-state index contributed by atoms with van der Waals surface area (Å²) in [5, 5.41) is 4.36. The van der Waals surface area contributed by atoms with Gasteiger partial charge in [0, 0.05) is 37.4 Å². The highest BCUT2D eigenvalue weighted by atomic mass is 32.2. The molecule has 2 heterocycles. The summed E-state index contributed by atoms with van der Waals surface area (Å²) in [5.41, 5.74) is 1.89. The zero-order valence-corrected chi connectivity index (χ0v) is 14.0. The molecule has 1 aromatic carbocycles. The van der Waals surface area contributed by atoms with Crippen LogP contribution in [-0.4, -0.2) is 39.2 Å². The second-order valence-electron chi connectivity index (χ2n) is 6.34. The number of benzene rings is 1. The van der Waals surface area contributed by atoms with Gasteiger partial charge in [0.2, 0.25) is 15.9 Å². The van der Waals surface area contributed by atoms with Crippen LogP contribution in [0.1, 0.15) is 32.1 Å². The van der Waals surface area contributed by atoms with Crippen LogP contribution in [0.4, 0.5) is 11.4 Å². The SMILES string of the molecule is NS(=O)(=O)C1CC(=O)N(c2ccc(N3CCCCCC3)cc2)C1. The second-order valence-corrected chi connectivity index (χ2v) is 8.18. The first kappa shape index (κ1) is 16.3. The Morgan fingerprint density at radius 2 is 1.52 bits per heavy atom. The summed E-state index contributed by atoms with van der Waals surface area (Å²) in [4.78, 5) is 15.9. The van der Waals surface area contributed by atoms with Crippen molar-refractivity contribution in [2.75, 3.05) is 29.4 Å². The number of rotatable bonds is 3. The molecule has 1 unspecified atom stereocenters. The molecule has 0 spiro atoms. The molecule has 1 aromatic rings. The number of anilines is 2. The van der Waals surface area contributed by atoms with E-state index in [4.69, 9.17) is 5.14 Å². The maximum Gasteiger partial charge on any atom is 0.228 e. The first-order chi connectivity index (χ1) is 10.9. The Balaban J connectivity index is 1.73. The van der Waals surface area contributed by atoms with Gasteiger partial charge in [-0.2, -0.15) is 0 Å². The fraction of sp³-hybridized carbons (Fsp3) is 0.562. The maximum atomic E-state index is 12.1. The summed E-state index contributed by atoms with van der Waals surface area (Å²) in [6.07, 6.45) is 4.95. The van der Waals surface area contributed by atoms with Crippen LogP contribution in [-0.2, 0) is 14.8 Å². The second kappa shape index (κ2) is 6.49. The van der Waals surface area contributed by atoms with Gasteiger partial charge in [0.1, 0.15) is 5.25 Å². The van der Waals surface area contributed by atoms with Crippen molar-refractivity contribution >= 4 is 27.3 Å². The van der Waals surface area contributed by atoms with E-state index in [1.54, 1.807) is 0 Å². The van der Waals surface area contributed by atoms with Gasteiger partial charge in [0.25, 0.3) is 0 Å². The molecule has 0 aromatic heterocycles. The highest BCUT2D eigenvalue weighted by Crippen LogP contribution is 2.27. The summed E-state index contributed by atoms with van der Waals surface area (Å²) < 4.78 is 22.9. The van der Waals surface area contributed by atoms with Gasteiger partial charge in [-0.15, -0.1) is 0 Å². The molecule has 2 aliphatic rings. The molecule has 7 heteroatoms. The molecule has 1 amide bonds. The van der Waals surface area contributed by atoms with Crippen molar-refractivity contribution in [1.29, 1.82) is 0 Å². The molecule has 2 saturated heterocycles. The molecule has 126 valence electrons. The molecule has 23 heavy (non-hydrogen) atoms. The monoisotopic (exact) mass is 337 g/mol. The zero-order chi connectivity index (χ0) is 16.4. The number of hydrogen-bond acceptors (Lipinski definition) is 4. The Labute approximate surface area is 137 Å². The van der Waals surface area contributed by atoms with Gasteiger partial charge in [0.05, 0.1) is 0 Å². The van der Waals surface area contributed by atoms with Gasteiger partial charge in [-0.25, -0.2) is 13.6 Å². The molecule has 0 bridgehead atoms. The van der Waals surface area contributed by atoms with Gasteiger partial charge in [-0.3, -0.25) is 4.79 Å².